The molecular formula is C16H31N3. The molecule has 1 aromatic heterocycles. The van der Waals surface area contributed by atoms with Crippen molar-refractivity contribution < 1.29 is 0 Å². The summed E-state index contributed by atoms with van der Waals surface area (Å²) in [4.78, 5) is 2.33. The first kappa shape index (κ1) is 16.3. The fourth-order valence-electron chi connectivity index (χ4n) is 2.40. The van der Waals surface area contributed by atoms with Crippen LogP contribution in [0.25, 0.3) is 0 Å². The Morgan fingerprint density at radius 3 is 2.63 bits per heavy atom. The van der Waals surface area contributed by atoms with Crippen LogP contribution in [-0.4, -0.2) is 36.1 Å². The second kappa shape index (κ2) is 8.39. The molecule has 0 amide bonds. The minimum atomic E-state index is 0.623. The Morgan fingerprint density at radius 2 is 2.05 bits per heavy atom. The van der Waals surface area contributed by atoms with Gasteiger partial charge in [0, 0.05) is 38.1 Å². The number of rotatable bonds is 9. The average Bonchev–Trinajstić information content (AvgIpc) is 2.75. The number of likely N-dealkylation sites (N-methyl/N-ethyl adjacent to an activating group) is 1. The molecule has 1 N–H and O–H groups in total. The maximum absolute atomic E-state index is 3.59. The third-order valence-electron chi connectivity index (χ3n) is 3.48. The summed E-state index contributed by atoms with van der Waals surface area (Å²) in [6.45, 7) is 9.95. The highest BCUT2D eigenvalue weighted by Gasteiger charge is 2.12. The van der Waals surface area contributed by atoms with Gasteiger partial charge in [0.05, 0.1) is 0 Å². The number of aromatic nitrogens is 1. The van der Waals surface area contributed by atoms with Gasteiger partial charge in [-0.25, -0.2) is 0 Å². The highest BCUT2D eigenvalue weighted by atomic mass is 15.1. The number of nitrogens with one attached hydrogen (secondary N) is 1. The molecule has 1 rings (SSSR count). The van der Waals surface area contributed by atoms with Gasteiger partial charge in [0.1, 0.15) is 0 Å². The molecule has 19 heavy (non-hydrogen) atoms. The predicted molar refractivity (Wildman–Crippen MR) is 83.4 cm³/mol. The summed E-state index contributed by atoms with van der Waals surface area (Å²) in [6, 6.07) is 2.84. The fraction of sp³-hybridized carbons (Fsp3) is 0.750. The van der Waals surface area contributed by atoms with Crippen LogP contribution in [0.2, 0.25) is 0 Å². The van der Waals surface area contributed by atoms with Gasteiger partial charge < -0.3 is 14.8 Å². The Kier molecular flexibility index (Phi) is 7.17. The van der Waals surface area contributed by atoms with Gasteiger partial charge in [-0.1, -0.05) is 20.8 Å². The molecule has 0 aliphatic rings. The maximum Gasteiger partial charge on any atom is 0.0221 e. The van der Waals surface area contributed by atoms with Crippen molar-refractivity contribution in [1.82, 2.24) is 14.8 Å². The molecule has 0 saturated carbocycles. The monoisotopic (exact) mass is 265 g/mol. The van der Waals surface area contributed by atoms with Crippen LogP contribution in [-0.2, 0) is 13.1 Å². The summed E-state index contributed by atoms with van der Waals surface area (Å²) >= 11 is 0. The molecule has 0 fully saturated rings. The molecule has 3 heteroatoms. The van der Waals surface area contributed by atoms with E-state index in [1.807, 2.05) is 0 Å². The van der Waals surface area contributed by atoms with E-state index in [-0.39, 0.29) is 0 Å². The van der Waals surface area contributed by atoms with Gasteiger partial charge in [-0.3, -0.25) is 0 Å². The lowest BCUT2D eigenvalue weighted by Crippen LogP contribution is -2.38. The molecule has 1 heterocycles. The molecule has 0 bridgehead atoms. The molecule has 0 aromatic carbocycles. The summed E-state index contributed by atoms with van der Waals surface area (Å²) in [5.74, 6) is 0.750. The van der Waals surface area contributed by atoms with Crippen LogP contribution in [0.15, 0.2) is 18.5 Å². The van der Waals surface area contributed by atoms with E-state index in [9.17, 15) is 0 Å². The van der Waals surface area contributed by atoms with Gasteiger partial charge in [-0.05, 0) is 44.5 Å². The quantitative estimate of drug-likeness (QED) is 0.741. The van der Waals surface area contributed by atoms with E-state index < -0.39 is 0 Å². The van der Waals surface area contributed by atoms with Crippen LogP contribution >= 0.6 is 0 Å². The summed E-state index contributed by atoms with van der Waals surface area (Å²) in [6.07, 6.45) is 6.87. The van der Waals surface area contributed by atoms with Crippen molar-refractivity contribution in [2.75, 3.05) is 20.6 Å². The van der Waals surface area contributed by atoms with Crippen LogP contribution < -0.4 is 5.32 Å². The second-order valence-corrected chi connectivity index (χ2v) is 6.14. The standard InChI is InChI=1S/C16H31N3/c1-6-8-19-9-7-15(13-19)11-17-12-16(18(4)5)10-14(2)3/h7,9,13-14,16-17H,6,8,10-12H2,1-5H3. The number of hydrogen-bond donors (Lipinski definition) is 1. The highest BCUT2D eigenvalue weighted by Crippen LogP contribution is 2.09. The van der Waals surface area contributed by atoms with Crippen molar-refractivity contribution >= 4 is 0 Å². The molecule has 0 aliphatic carbocycles. The van der Waals surface area contributed by atoms with Crippen LogP contribution in [0.1, 0.15) is 39.2 Å². The second-order valence-electron chi connectivity index (χ2n) is 6.14. The number of aryl methyl sites for hydroxylation is 1. The van der Waals surface area contributed by atoms with Gasteiger partial charge in [-0.15, -0.1) is 0 Å². The average molecular weight is 265 g/mol. The molecule has 0 radical (unpaired) electrons. The van der Waals surface area contributed by atoms with Gasteiger partial charge in [0.2, 0.25) is 0 Å². The zero-order valence-electron chi connectivity index (χ0n) is 13.3. The van der Waals surface area contributed by atoms with Crippen molar-refractivity contribution in [1.29, 1.82) is 0 Å². The number of nitrogens with zero attached hydrogens (tertiary/aromatic N) is 2. The molecule has 1 unspecified atom stereocenters. The lowest BCUT2D eigenvalue weighted by Gasteiger charge is -2.26. The van der Waals surface area contributed by atoms with E-state index in [0.717, 1.165) is 25.6 Å². The van der Waals surface area contributed by atoms with E-state index >= 15 is 0 Å². The third-order valence-corrected chi connectivity index (χ3v) is 3.48. The van der Waals surface area contributed by atoms with Gasteiger partial charge in [-0.2, -0.15) is 0 Å². The van der Waals surface area contributed by atoms with Gasteiger partial charge in [0.15, 0.2) is 0 Å². The van der Waals surface area contributed by atoms with E-state index in [0.29, 0.717) is 6.04 Å². The van der Waals surface area contributed by atoms with Gasteiger partial charge in [0.25, 0.3) is 0 Å². The molecule has 0 spiro atoms. The van der Waals surface area contributed by atoms with E-state index in [1.54, 1.807) is 0 Å². The van der Waals surface area contributed by atoms with Crippen molar-refractivity contribution in [3.63, 3.8) is 0 Å². The largest absolute Gasteiger partial charge is 0.354 e. The lowest BCUT2D eigenvalue weighted by atomic mass is 10.0. The summed E-state index contributed by atoms with van der Waals surface area (Å²) in [7, 11) is 4.35. The minimum absolute atomic E-state index is 0.623. The first-order valence-corrected chi connectivity index (χ1v) is 7.54. The Morgan fingerprint density at radius 1 is 1.32 bits per heavy atom. The van der Waals surface area contributed by atoms with Crippen molar-refractivity contribution in [3.05, 3.63) is 24.0 Å². The summed E-state index contributed by atoms with van der Waals surface area (Å²) in [5, 5.41) is 3.59. The maximum atomic E-state index is 3.59. The lowest BCUT2D eigenvalue weighted by molar-refractivity contribution is 0.246. The van der Waals surface area contributed by atoms with Crippen LogP contribution in [0.4, 0.5) is 0 Å². The summed E-state index contributed by atoms with van der Waals surface area (Å²) in [5.41, 5.74) is 1.38. The first-order chi connectivity index (χ1) is 9.02. The SMILES string of the molecule is CCCn1ccc(CNCC(CC(C)C)N(C)C)c1. The van der Waals surface area contributed by atoms with Crippen LogP contribution in [0.3, 0.4) is 0 Å². The zero-order valence-corrected chi connectivity index (χ0v) is 13.3. The molecule has 3 nitrogen and oxygen atoms in total. The minimum Gasteiger partial charge on any atom is -0.354 e. The zero-order chi connectivity index (χ0) is 14.3. The van der Waals surface area contributed by atoms with Crippen molar-refractivity contribution in [2.24, 2.45) is 5.92 Å². The topological polar surface area (TPSA) is 20.2 Å². The van der Waals surface area contributed by atoms with Crippen LogP contribution in [0.5, 0.6) is 0 Å². The molecule has 0 saturated heterocycles. The molecule has 1 aromatic rings. The molecule has 110 valence electrons. The normalized spacial score (nSPS) is 13.4. The summed E-state index contributed by atoms with van der Waals surface area (Å²) < 4.78 is 2.27. The Bertz CT molecular complexity index is 342. The van der Waals surface area contributed by atoms with Crippen molar-refractivity contribution in [3.8, 4) is 0 Å². The van der Waals surface area contributed by atoms with Crippen LogP contribution in [0, 0.1) is 5.92 Å². The number of hydrogen-bond acceptors (Lipinski definition) is 2. The van der Waals surface area contributed by atoms with E-state index in [1.165, 1.54) is 18.4 Å². The smallest absolute Gasteiger partial charge is 0.0221 e. The molecule has 0 aliphatic heterocycles. The fourth-order valence-corrected chi connectivity index (χ4v) is 2.40. The Labute approximate surface area is 119 Å². The third kappa shape index (κ3) is 6.26. The predicted octanol–water partition coefficient (Wildman–Crippen LogP) is 2.96. The first-order valence-electron chi connectivity index (χ1n) is 7.54. The van der Waals surface area contributed by atoms with E-state index in [2.05, 4.69) is 68.1 Å². The molecule has 1 atom stereocenters. The van der Waals surface area contributed by atoms with Gasteiger partial charge >= 0.3 is 0 Å². The van der Waals surface area contributed by atoms with E-state index in [4.69, 9.17) is 0 Å². The molecular weight excluding hydrogens is 234 g/mol. The van der Waals surface area contributed by atoms with Crippen molar-refractivity contribution in [2.45, 2.75) is 52.7 Å². The Balaban J connectivity index is 2.34. The highest BCUT2D eigenvalue weighted by molar-refractivity contribution is 5.09. The Hall–Kier alpha value is -0.800.